The van der Waals surface area contributed by atoms with Crippen molar-refractivity contribution in [1.82, 2.24) is 0 Å². The van der Waals surface area contributed by atoms with Gasteiger partial charge in [-0.2, -0.15) is 0 Å². The first kappa shape index (κ1) is 17.7. The lowest BCUT2D eigenvalue weighted by Gasteiger charge is -2.13. The van der Waals surface area contributed by atoms with E-state index in [-0.39, 0.29) is 4.90 Å². The van der Waals surface area contributed by atoms with E-state index in [1.165, 1.54) is 16.9 Å². The summed E-state index contributed by atoms with van der Waals surface area (Å²) < 4.78 is 80.6. The molecular weight excluding hydrogens is 352 g/mol. The molecule has 3 N–H and O–H groups in total. The number of rotatable bonds is 4. The van der Waals surface area contributed by atoms with E-state index in [0.717, 1.165) is 12.1 Å². The van der Waals surface area contributed by atoms with Crippen molar-refractivity contribution < 1.29 is 30.8 Å². The standard InChI is InChI=1S/C14H10F4N2O3S/c1-6-2-4-7(5-3-6)24(22,23)20-13-11(17)9(15)8(14(19)21)10(16)12(13)18/h2-5,20H,1H3,(H2,19,21). The van der Waals surface area contributed by atoms with Crippen molar-refractivity contribution >= 4 is 21.6 Å². The molecule has 0 radical (unpaired) electrons. The van der Waals surface area contributed by atoms with Gasteiger partial charge in [-0.1, -0.05) is 17.7 Å². The summed E-state index contributed by atoms with van der Waals surface area (Å²) in [6, 6.07) is 5.10. The third-order valence-electron chi connectivity index (χ3n) is 3.08. The summed E-state index contributed by atoms with van der Waals surface area (Å²) in [6.07, 6.45) is 0. The van der Waals surface area contributed by atoms with Crippen LogP contribution in [0.3, 0.4) is 0 Å². The average Bonchev–Trinajstić information content (AvgIpc) is 2.50. The Bertz CT molecular complexity index is 899. The summed E-state index contributed by atoms with van der Waals surface area (Å²) in [5.41, 5.74) is 2.14. The van der Waals surface area contributed by atoms with Crippen LogP contribution in [0.2, 0.25) is 0 Å². The topological polar surface area (TPSA) is 89.3 Å². The van der Waals surface area contributed by atoms with Gasteiger partial charge in [-0.05, 0) is 19.1 Å². The molecule has 0 aromatic heterocycles. The molecule has 0 spiro atoms. The molecular formula is C14H10F4N2O3S. The number of nitrogens with two attached hydrogens (primary N) is 1. The Hall–Kier alpha value is -2.62. The molecule has 0 atom stereocenters. The minimum Gasteiger partial charge on any atom is -0.365 e. The van der Waals surface area contributed by atoms with Gasteiger partial charge in [0.2, 0.25) is 0 Å². The van der Waals surface area contributed by atoms with Crippen LogP contribution in [0.4, 0.5) is 23.2 Å². The van der Waals surface area contributed by atoms with Gasteiger partial charge in [0.15, 0.2) is 23.3 Å². The van der Waals surface area contributed by atoms with Gasteiger partial charge in [0.05, 0.1) is 4.90 Å². The highest BCUT2D eigenvalue weighted by Crippen LogP contribution is 2.29. The van der Waals surface area contributed by atoms with Crippen LogP contribution in [0.5, 0.6) is 0 Å². The smallest absolute Gasteiger partial charge is 0.262 e. The summed E-state index contributed by atoms with van der Waals surface area (Å²) in [5.74, 6) is -10.1. The van der Waals surface area contributed by atoms with Crippen LogP contribution in [0.15, 0.2) is 29.2 Å². The fourth-order valence-electron chi connectivity index (χ4n) is 1.85. The van der Waals surface area contributed by atoms with Crippen molar-refractivity contribution in [2.75, 3.05) is 4.72 Å². The van der Waals surface area contributed by atoms with Crippen molar-refractivity contribution in [2.45, 2.75) is 11.8 Å². The number of hydrogen-bond acceptors (Lipinski definition) is 3. The third-order valence-corrected chi connectivity index (χ3v) is 4.44. The fourth-order valence-corrected chi connectivity index (χ4v) is 2.91. The lowest BCUT2D eigenvalue weighted by molar-refractivity contribution is 0.0990. The Morgan fingerprint density at radius 1 is 0.958 bits per heavy atom. The Morgan fingerprint density at radius 2 is 1.42 bits per heavy atom. The third kappa shape index (κ3) is 3.04. The molecule has 0 saturated heterocycles. The van der Waals surface area contributed by atoms with Gasteiger partial charge in [-0.3, -0.25) is 9.52 Å². The van der Waals surface area contributed by atoms with Crippen molar-refractivity contribution in [2.24, 2.45) is 5.73 Å². The number of halogens is 4. The zero-order valence-electron chi connectivity index (χ0n) is 12.0. The average molecular weight is 362 g/mol. The molecule has 2 aromatic carbocycles. The molecule has 2 aromatic rings. The number of carbonyl (C=O) groups is 1. The number of amides is 1. The molecule has 0 aliphatic rings. The molecule has 0 fully saturated rings. The first-order valence-corrected chi connectivity index (χ1v) is 7.79. The Labute approximate surface area is 134 Å². The van der Waals surface area contributed by atoms with Crippen LogP contribution in [-0.4, -0.2) is 14.3 Å². The number of carbonyl (C=O) groups excluding carboxylic acids is 1. The first-order chi connectivity index (χ1) is 11.1. The summed E-state index contributed by atoms with van der Waals surface area (Å²) in [5, 5.41) is 0. The Balaban J connectivity index is 2.58. The van der Waals surface area contributed by atoms with Crippen molar-refractivity contribution in [3.05, 3.63) is 58.7 Å². The van der Waals surface area contributed by atoms with E-state index < -0.39 is 50.5 Å². The molecule has 0 aliphatic carbocycles. The number of sulfonamides is 1. The van der Waals surface area contributed by atoms with E-state index in [9.17, 15) is 30.8 Å². The lowest BCUT2D eigenvalue weighted by atomic mass is 10.1. The second-order valence-corrected chi connectivity index (χ2v) is 6.47. The van der Waals surface area contributed by atoms with Crippen molar-refractivity contribution in [3.8, 4) is 0 Å². The van der Waals surface area contributed by atoms with Crippen LogP contribution in [0, 0.1) is 30.2 Å². The van der Waals surface area contributed by atoms with E-state index in [4.69, 9.17) is 0 Å². The van der Waals surface area contributed by atoms with Crippen LogP contribution in [0.25, 0.3) is 0 Å². The van der Waals surface area contributed by atoms with E-state index in [1.54, 1.807) is 6.92 Å². The highest BCUT2D eigenvalue weighted by Gasteiger charge is 2.30. The molecule has 0 bridgehead atoms. The van der Waals surface area contributed by atoms with Gasteiger partial charge in [0, 0.05) is 0 Å². The SMILES string of the molecule is Cc1ccc(S(=O)(=O)Nc2c(F)c(F)c(C(N)=O)c(F)c2F)cc1. The number of aryl methyl sites for hydroxylation is 1. The Morgan fingerprint density at radius 3 is 1.83 bits per heavy atom. The van der Waals surface area contributed by atoms with Crippen LogP contribution in [0.1, 0.15) is 15.9 Å². The predicted molar refractivity (Wildman–Crippen MR) is 76.8 cm³/mol. The molecule has 1 amide bonds. The van der Waals surface area contributed by atoms with Crippen LogP contribution < -0.4 is 10.5 Å². The van der Waals surface area contributed by atoms with Crippen LogP contribution >= 0.6 is 0 Å². The molecule has 0 unspecified atom stereocenters. The maximum atomic E-state index is 13.9. The molecule has 5 nitrogen and oxygen atoms in total. The Kier molecular flexibility index (Phi) is 4.52. The second kappa shape index (κ2) is 6.11. The molecule has 0 aliphatic heterocycles. The molecule has 128 valence electrons. The zero-order valence-corrected chi connectivity index (χ0v) is 12.8. The molecule has 0 heterocycles. The lowest BCUT2D eigenvalue weighted by Crippen LogP contribution is -2.21. The number of nitrogens with one attached hydrogen (secondary N) is 1. The van der Waals surface area contributed by atoms with Gasteiger partial charge in [-0.15, -0.1) is 0 Å². The molecule has 0 saturated carbocycles. The monoisotopic (exact) mass is 362 g/mol. The quantitative estimate of drug-likeness (QED) is 0.647. The summed E-state index contributed by atoms with van der Waals surface area (Å²) in [7, 11) is -4.52. The van der Waals surface area contributed by atoms with E-state index >= 15 is 0 Å². The number of hydrogen-bond donors (Lipinski definition) is 2. The summed E-state index contributed by atoms with van der Waals surface area (Å²) in [6.45, 7) is 1.68. The number of primary amides is 1. The number of benzene rings is 2. The van der Waals surface area contributed by atoms with Crippen LogP contribution in [-0.2, 0) is 10.0 Å². The first-order valence-electron chi connectivity index (χ1n) is 6.31. The minimum atomic E-state index is -4.52. The van der Waals surface area contributed by atoms with E-state index in [0.29, 0.717) is 5.56 Å². The van der Waals surface area contributed by atoms with Crippen molar-refractivity contribution in [3.63, 3.8) is 0 Å². The van der Waals surface area contributed by atoms with Gasteiger partial charge in [0.25, 0.3) is 15.9 Å². The van der Waals surface area contributed by atoms with Gasteiger partial charge < -0.3 is 5.73 Å². The molecule has 2 rings (SSSR count). The fraction of sp³-hybridized carbons (Fsp3) is 0.0714. The largest absolute Gasteiger partial charge is 0.365 e. The van der Waals surface area contributed by atoms with Gasteiger partial charge in [0.1, 0.15) is 11.3 Å². The van der Waals surface area contributed by atoms with Gasteiger partial charge >= 0.3 is 0 Å². The predicted octanol–water partition coefficient (Wildman–Crippen LogP) is 2.45. The normalized spacial score (nSPS) is 11.4. The van der Waals surface area contributed by atoms with Crippen molar-refractivity contribution in [1.29, 1.82) is 0 Å². The van der Waals surface area contributed by atoms with E-state index in [1.807, 2.05) is 0 Å². The minimum absolute atomic E-state index is 0.383. The highest BCUT2D eigenvalue weighted by atomic mass is 32.2. The maximum absolute atomic E-state index is 13.9. The zero-order chi connectivity index (χ0) is 18.2. The molecule has 24 heavy (non-hydrogen) atoms. The molecule has 10 heteroatoms. The second-order valence-electron chi connectivity index (χ2n) is 4.79. The number of anilines is 1. The van der Waals surface area contributed by atoms with Gasteiger partial charge in [-0.25, -0.2) is 26.0 Å². The maximum Gasteiger partial charge on any atom is 0.262 e. The highest BCUT2D eigenvalue weighted by molar-refractivity contribution is 7.92. The summed E-state index contributed by atoms with van der Waals surface area (Å²) >= 11 is 0. The summed E-state index contributed by atoms with van der Waals surface area (Å²) in [4.78, 5) is 10.5. The van der Waals surface area contributed by atoms with E-state index in [2.05, 4.69) is 5.73 Å².